The summed E-state index contributed by atoms with van der Waals surface area (Å²) in [6, 6.07) is 1.15. The zero-order chi connectivity index (χ0) is 14.7. The highest BCUT2D eigenvalue weighted by Gasteiger charge is 2.38. The molecule has 0 heterocycles. The molecule has 21 heavy (non-hydrogen) atoms. The first-order valence-corrected chi connectivity index (χ1v) is 9.24. The highest BCUT2D eigenvalue weighted by Crippen LogP contribution is 2.34. The third-order valence-electron chi connectivity index (χ3n) is 5.65. The fraction of sp³-hybridized carbons (Fsp3) is 0.944. The molecule has 3 nitrogen and oxygen atoms in total. The van der Waals surface area contributed by atoms with Crippen LogP contribution in [0.1, 0.15) is 70.6 Å². The second kappa shape index (κ2) is 7.13. The molecule has 3 fully saturated rings. The van der Waals surface area contributed by atoms with E-state index in [0.29, 0.717) is 24.5 Å². The first-order chi connectivity index (χ1) is 10.2. The quantitative estimate of drug-likeness (QED) is 0.749. The van der Waals surface area contributed by atoms with Crippen LogP contribution in [-0.4, -0.2) is 47.9 Å². The SMILES string of the molecule is CN(CC(=O)N(C1CCCC1)C1CC1)CC1CCCCC1. The van der Waals surface area contributed by atoms with Gasteiger partial charge in [-0.3, -0.25) is 9.69 Å². The van der Waals surface area contributed by atoms with E-state index in [9.17, 15) is 4.79 Å². The van der Waals surface area contributed by atoms with Crippen molar-refractivity contribution in [3.63, 3.8) is 0 Å². The molecule has 3 aliphatic rings. The van der Waals surface area contributed by atoms with Gasteiger partial charge in [0.05, 0.1) is 6.54 Å². The summed E-state index contributed by atoms with van der Waals surface area (Å²) >= 11 is 0. The maximum Gasteiger partial charge on any atom is 0.237 e. The molecule has 0 saturated heterocycles. The Labute approximate surface area is 130 Å². The van der Waals surface area contributed by atoms with Crippen LogP contribution in [0.2, 0.25) is 0 Å². The van der Waals surface area contributed by atoms with E-state index in [1.165, 1.54) is 70.6 Å². The Kier molecular flexibility index (Phi) is 5.20. The molecule has 0 N–H and O–H groups in total. The van der Waals surface area contributed by atoms with Crippen molar-refractivity contribution in [2.45, 2.75) is 82.7 Å². The van der Waals surface area contributed by atoms with Crippen molar-refractivity contribution in [3.8, 4) is 0 Å². The van der Waals surface area contributed by atoms with Crippen LogP contribution in [0.15, 0.2) is 0 Å². The van der Waals surface area contributed by atoms with Crippen LogP contribution in [0.3, 0.4) is 0 Å². The minimum atomic E-state index is 0.405. The number of carbonyl (C=O) groups excluding carboxylic acids is 1. The maximum atomic E-state index is 12.7. The van der Waals surface area contributed by atoms with E-state index in [0.717, 1.165) is 12.5 Å². The summed E-state index contributed by atoms with van der Waals surface area (Å²) in [5, 5.41) is 0. The van der Waals surface area contributed by atoms with Crippen molar-refractivity contribution in [1.29, 1.82) is 0 Å². The van der Waals surface area contributed by atoms with E-state index in [2.05, 4.69) is 16.8 Å². The zero-order valence-corrected chi connectivity index (χ0v) is 13.7. The predicted molar refractivity (Wildman–Crippen MR) is 86.2 cm³/mol. The fourth-order valence-electron chi connectivity index (χ4n) is 4.43. The van der Waals surface area contributed by atoms with Gasteiger partial charge in [-0.15, -0.1) is 0 Å². The highest BCUT2D eigenvalue weighted by atomic mass is 16.2. The van der Waals surface area contributed by atoms with Gasteiger partial charge in [0.25, 0.3) is 0 Å². The summed E-state index contributed by atoms with van der Waals surface area (Å²) in [7, 11) is 2.15. The lowest BCUT2D eigenvalue weighted by atomic mass is 9.89. The third-order valence-corrected chi connectivity index (χ3v) is 5.65. The van der Waals surface area contributed by atoms with Gasteiger partial charge in [-0.2, -0.15) is 0 Å². The Morgan fingerprint density at radius 1 is 0.857 bits per heavy atom. The lowest BCUT2D eigenvalue weighted by molar-refractivity contribution is -0.135. The second-order valence-electron chi connectivity index (χ2n) is 7.67. The van der Waals surface area contributed by atoms with Gasteiger partial charge in [0.2, 0.25) is 5.91 Å². The number of nitrogens with zero attached hydrogens (tertiary/aromatic N) is 2. The Hall–Kier alpha value is -0.570. The third kappa shape index (κ3) is 4.21. The average Bonchev–Trinajstić information content (AvgIpc) is 3.14. The van der Waals surface area contributed by atoms with Crippen LogP contribution in [0.5, 0.6) is 0 Å². The van der Waals surface area contributed by atoms with Crippen molar-refractivity contribution in [1.82, 2.24) is 9.80 Å². The molecule has 0 aromatic rings. The second-order valence-corrected chi connectivity index (χ2v) is 7.67. The largest absolute Gasteiger partial charge is 0.336 e. The first-order valence-electron chi connectivity index (χ1n) is 9.24. The predicted octanol–water partition coefficient (Wildman–Crippen LogP) is 3.43. The smallest absolute Gasteiger partial charge is 0.237 e. The molecular formula is C18H32N2O. The van der Waals surface area contributed by atoms with Gasteiger partial charge in [0.15, 0.2) is 0 Å². The zero-order valence-electron chi connectivity index (χ0n) is 13.7. The van der Waals surface area contributed by atoms with Crippen LogP contribution in [0.25, 0.3) is 0 Å². The van der Waals surface area contributed by atoms with Gasteiger partial charge in [-0.25, -0.2) is 0 Å². The summed E-state index contributed by atoms with van der Waals surface area (Å²) in [4.78, 5) is 17.3. The molecule has 0 atom stereocenters. The van der Waals surface area contributed by atoms with Gasteiger partial charge in [-0.05, 0) is 51.5 Å². The van der Waals surface area contributed by atoms with Crippen LogP contribution >= 0.6 is 0 Å². The van der Waals surface area contributed by atoms with Crippen molar-refractivity contribution < 1.29 is 4.79 Å². The van der Waals surface area contributed by atoms with Gasteiger partial charge in [0.1, 0.15) is 0 Å². The van der Waals surface area contributed by atoms with Crippen LogP contribution in [0, 0.1) is 5.92 Å². The Morgan fingerprint density at radius 3 is 2.05 bits per heavy atom. The van der Waals surface area contributed by atoms with E-state index in [4.69, 9.17) is 0 Å². The monoisotopic (exact) mass is 292 g/mol. The lowest BCUT2D eigenvalue weighted by Gasteiger charge is -2.32. The average molecular weight is 292 g/mol. The van der Waals surface area contributed by atoms with Crippen molar-refractivity contribution in [2.24, 2.45) is 5.92 Å². The number of hydrogen-bond donors (Lipinski definition) is 0. The molecule has 0 bridgehead atoms. The number of rotatable bonds is 6. The molecule has 3 rings (SSSR count). The van der Waals surface area contributed by atoms with Crippen molar-refractivity contribution >= 4 is 5.91 Å². The summed E-state index contributed by atoms with van der Waals surface area (Å²) in [5.74, 6) is 1.24. The van der Waals surface area contributed by atoms with E-state index < -0.39 is 0 Å². The van der Waals surface area contributed by atoms with Crippen LogP contribution in [0.4, 0.5) is 0 Å². The van der Waals surface area contributed by atoms with Gasteiger partial charge in [0, 0.05) is 18.6 Å². The summed E-state index contributed by atoms with van der Waals surface area (Å²) in [6.45, 7) is 1.76. The number of likely N-dealkylation sites (N-methyl/N-ethyl adjacent to an activating group) is 1. The lowest BCUT2D eigenvalue weighted by Crippen LogP contribution is -2.46. The van der Waals surface area contributed by atoms with Crippen molar-refractivity contribution in [2.75, 3.05) is 20.1 Å². The van der Waals surface area contributed by atoms with Gasteiger partial charge < -0.3 is 4.90 Å². The standard InChI is InChI=1S/C18H32N2O/c1-19(13-15-7-3-2-4-8-15)14-18(21)20(17-11-12-17)16-9-5-6-10-16/h15-17H,2-14H2,1H3. The normalized spacial score (nSPS) is 24.7. The topological polar surface area (TPSA) is 23.6 Å². The molecular weight excluding hydrogens is 260 g/mol. The molecule has 3 saturated carbocycles. The number of amides is 1. The molecule has 0 aromatic carbocycles. The van der Waals surface area contributed by atoms with Crippen LogP contribution in [-0.2, 0) is 4.79 Å². The highest BCUT2D eigenvalue weighted by molar-refractivity contribution is 5.79. The summed E-state index contributed by atoms with van der Waals surface area (Å²) < 4.78 is 0. The molecule has 0 unspecified atom stereocenters. The molecule has 1 amide bonds. The molecule has 0 radical (unpaired) electrons. The van der Waals surface area contributed by atoms with E-state index in [1.807, 2.05) is 0 Å². The molecule has 120 valence electrons. The number of hydrogen-bond acceptors (Lipinski definition) is 2. The molecule has 0 spiro atoms. The van der Waals surface area contributed by atoms with Crippen LogP contribution < -0.4 is 0 Å². The minimum absolute atomic E-state index is 0.405. The van der Waals surface area contributed by atoms with E-state index in [-0.39, 0.29) is 0 Å². The van der Waals surface area contributed by atoms with E-state index >= 15 is 0 Å². The Morgan fingerprint density at radius 2 is 1.43 bits per heavy atom. The Balaban J connectivity index is 1.48. The fourth-order valence-corrected chi connectivity index (χ4v) is 4.43. The van der Waals surface area contributed by atoms with E-state index in [1.54, 1.807) is 0 Å². The van der Waals surface area contributed by atoms with Gasteiger partial charge in [-0.1, -0.05) is 32.1 Å². The summed E-state index contributed by atoms with van der Waals surface area (Å²) in [5.41, 5.74) is 0. The molecule has 0 aromatic heterocycles. The summed E-state index contributed by atoms with van der Waals surface area (Å²) in [6.07, 6.45) is 14.5. The Bertz CT molecular complexity index is 341. The molecule has 3 heteroatoms. The molecule has 3 aliphatic carbocycles. The minimum Gasteiger partial charge on any atom is -0.336 e. The number of carbonyl (C=O) groups is 1. The molecule has 0 aliphatic heterocycles. The van der Waals surface area contributed by atoms with Crippen molar-refractivity contribution in [3.05, 3.63) is 0 Å². The van der Waals surface area contributed by atoms with Gasteiger partial charge >= 0.3 is 0 Å². The maximum absolute atomic E-state index is 12.7. The first kappa shape index (κ1) is 15.3.